The Morgan fingerprint density at radius 1 is 0.939 bits per heavy atom. The molecule has 0 unspecified atom stereocenters. The predicted octanol–water partition coefficient (Wildman–Crippen LogP) is 9.20. The first kappa shape index (κ1) is 22.0. The van der Waals surface area contributed by atoms with Crippen LogP contribution in [-0.4, -0.2) is 0 Å². The van der Waals surface area contributed by atoms with Crippen LogP contribution in [0.4, 0.5) is 0 Å². The fourth-order valence-corrected chi connectivity index (χ4v) is 6.15. The highest BCUT2D eigenvalue weighted by Gasteiger charge is 2.23. The van der Waals surface area contributed by atoms with Gasteiger partial charge in [-0.2, -0.15) is 0 Å². The Morgan fingerprint density at radius 2 is 1.70 bits per heavy atom. The van der Waals surface area contributed by atoms with Crippen LogP contribution < -0.4 is 0 Å². The van der Waals surface area contributed by atoms with E-state index >= 15 is 0 Å². The Labute approximate surface area is 200 Å². The largest absolute Gasteiger partial charge is 0.0950 e. The van der Waals surface area contributed by atoms with Gasteiger partial charge in [-0.3, -0.25) is 0 Å². The minimum absolute atomic E-state index is 0.671. The van der Waals surface area contributed by atoms with E-state index in [-0.39, 0.29) is 0 Å². The zero-order chi connectivity index (χ0) is 22.9. The molecule has 33 heavy (non-hydrogen) atoms. The smallest absolute Gasteiger partial charge is 0.00137 e. The number of allylic oxidation sites excluding steroid dienone is 7. The van der Waals surface area contributed by atoms with Gasteiger partial charge in [0.1, 0.15) is 0 Å². The normalized spacial score (nSPS) is 17.9. The third-order valence-corrected chi connectivity index (χ3v) is 7.94. The SMILES string of the molecule is C=C(CC1=CCC=C1C1=Cc2cc(C(=C)C3CCCCC3)ccc2C1)c1c(C)cccc1C. The standard InChI is InChI=1S/C33H36/c1-22-10-8-11-23(2)33(22)24(3)18-29-14-9-15-32(29)31-20-28-17-16-27(19-30(28)21-31)25(4)26-12-6-5-7-13-26/h8,10-11,14-17,19,21,26H,3-7,9,12-13,18,20H2,1-2H3. The maximum absolute atomic E-state index is 4.51. The quantitative estimate of drug-likeness (QED) is 0.427. The second-order valence-electron chi connectivity index (χ2n) is 10.3. The number of hydrogen-bond acceptors (Lipinski definition) is 0. The molecule has 1 saturated carbocycles. The molecule has 3 aliphatic rings. The van der Waals surface area contributed by atoms with Crippen molar-refractivity contribution >= 4 is 17.2 Å². The summed E-state index contributed by atoms with van der Waals surface area (Å²) in [5, 5.41) is 0. The summed E-state index contributed by atoms with van der Waals surface area (Å²) in [5.74, 6) is 0.671. The van der Waals surface area contributed by atoms with E-state index in [1.165, 1.54) is 93.4 Å². The highest BCUT2D eigenvalue weighted by Crippen LogP contribution is 2.41. The second-order valence-corrected chi connectivity index (χ2v) is 10.3. The monoisotopic (exact) mass is 432 g/mol. The highest BCUT2D eigenvalue weighted by atomic mass is 14.3. The van der Waals surface area contributed by atoms with Crippen molar-refractivity contribution in [1.82, 2.24) is 0 Å². The van der Waals surface area contributed by atoms with Crippen LogP contribution in [0.1, 0.15) is 78.3 Å². The number of aryl methyl sites for hydroxylation is 2. The van der Waals surface area contributed by atoms with Crippen LogP contribution in [0.25, 0.3) is 17.2 Å². The second kappa shape index (κ2) is 9.18. The molecular weight excluding hydrogens is 396 g/mol. The van der Waals surface area contributed by atoms with E-state index in [0.717, 1.165) is 19.3 Å². The summed E-state index contributed by atoms with van der Waals surface area (Å²) in [5.41, 5.74) is 15.1. The van der Waals surface area contributed by atoms with Crippen LogP contribution >= 0.6 is 0 Å². The summed E-state index contributed by atoms with van der Waals surface area (Å²) in [6.45, 7) is 13.4. The molecule has 168 valence electrons. The number of rotatable bonds is 6. The predicted molar refractivity (Wildman–Crippen MR) is 144 cm³/mol. The molecular formula is C33H36. The number of benzene rings is 2. The average molecular weight is 433 g/mol. The fourth-order valence-electron chi connectivity index (χ4n) is 6.15. The molecule has 0 spiro atoms. The van der Waals surface area contributed by atoms with Crippen LogP contribution in [-0.2, 0) is 6.42 Å². The van der Waals surface area contributed by atoms with Crippen molar-refractivity contribution in [3.63, 3.8) is 0 Å². The summed E-state index contributed by atoms with van der Waals surface area (Å²) >= 11 is 0. The molecule has 0 saturated heterocycles. The molecule has 3 aliphatic carbocycles. The highest BCUT2D eigenvalue weighted by molar-refractivity contribution is 5.78. The lowest BCUT2D eigenvalue weighted by Gasteiger charge is -2.24. The summed E-state index contributed by atoms with van der Waals surface area (Å²) < 4.78 is 0. The van der Waals surface area contributed by atoms with E-state index in [9.17, 15) is 0 Å². The summed E-state index contributed by atoms with van der Waals surface area (Å²) in [7, 11) is 0. The van der Waals surface area contributed by atoms with Gasteiger partial charge in [-0.25, -0.2) is 0 Å². The Bertz CT molecular complexity index is 1180. The minimum atomic E-state index is 0.671. The van der Waals surface area contributed by atoms with Gasteiger partial charge in [0.05, 0.1) is 0 Å². The Morgan fingerprint density at radius 3 is 2.45 bits per heavy atom. The van der Waals surface area contributed by atoms with Crippen LogP contribution in [0, 0.1) is 19.8 Å². The van der Waals surface area contributed by atoms with Crippen LogP contribution in [0.15, 0.2) is 78.4 Å². The van der Waals surface area contributed by atoms with Crippen LogP contribution in [0.3, 0.4) is 0 Å². The molecule has 0 amide bonds. The van der Waals surface area contributed by atoms with Gasteiger partial charge in [0.25, 0.3) is 0 Å². The van der Waals surface area contributed by atoms with Gasteiger partial charge in [0.15, 0.2) is 0 Å². The zero-order valence-corrected chi connectivity index (χ0v) is 20.3. The molecule has 0 aromatic heterocycles. The first-order valence-corrected chi connectivity index (χ1v) is 12.7. The van der Waals surface area contributed by atoms with Gasteiger partial charge in [-0.05, 0) is 119 Å². The summed E-state index contributed by atoms with van der Waals surface area (Å²) in [6, 6.07) is 13.6. The number of fused-ring (bicyclic) bond motifs is 1. The van der Waals surface area contributed by atoms with Crippen molar-refractivity contribution in [1.29, 1.82) is 0 Å². The number of hydrogen-bond donors (Lipinski definition) is 0. The van der Waals surface area contributed by atoms with E-state index in [4.69, 9.17) is 0 Å². The molecule has 0 atom stereocenters. The summed E-state index contributed by atoms with van der Waals surface area (Å²) in [4.78, 5) is 0. The lowest BCUT2D eigenvalue weighted by atomic mass is 9.81. The Hall–Kier alpha value is -2.86. The molecule has 2 aromatic carbocycles. The van der Waals surface area contributed by atoms with Gasteiger partial charge in [-0.15, -0.1) is 0 Å². The van der Waals surface area contributed by atoms with Gasteiger partial charge < -0.3 is 0 Å². The maximum atomic E-state index is 4.51. The van der Waals surface area contributed by atoms with E-state index in [0.29, 0.717) is 5.92 Å². The van der Waals surface area contributed by atoms with Gasteiger partial charge in [0.2, 0.25) is 0 Å². The van der Waals surface area contributed by atoms with Crippen molar-refractivity contribution < 1.29 is 0 Å². The first-order chi connectivity index (χ1) is 16.0. The maximum Gasteiger partial charge on any atom is -0.00137 e. The van der Waals surface area contributed by atoms with Gasteiger partial charge in [-0.1, -0.05) is 81.0 Å². The van der Waals surface area contributed by atoms with Crippen molar-refractivity contribution in [2.45, 2.75) is 65.2 Å². The molecule has 0 bridgehead atoms. The van der Waals surface area contributed by atoms with Crippen molar-refractivity contribution in [3.05, 3.63) is 112 Å². The van der Waals surface area contributed by atoms with Crippen LogP contribution in [0.5, 0.6) is 0 Å². The molecule has 0 aliphatic heterocycles. The lowest BCUT2D eigenvalue weighted by Crippen LogP contribution is -2.08. The molecule has 0 heteroatoms. The van der Waals surface area contributed by atoms with E-state index in [2.05, 4.69) is 81.6 Å². The molecule has 1 fully saturated rings. The molecule has 2 aromatic rings. The van der Waals surface area contributed by atoms with Crippen molar-refractivity contribution in [2.24, 2.45) is 5.92 Å². The zero-order valence-electron chi connectivity index (χ0n) is 20.3. The third-order valence-electron chi connectivity index (χ3n) is 7.94. The average Bonchev–Trinajstić information content (AvgIpc) is 3.45. The Kier molecular flexibility index (Phi) is 6.11. The lowest BCUT2D eigenvalue weighted by molar-refractivity contribution is 0.430. The molecule has 0 radical (unpaired) electrons. The van der Waals surface area contributed by atoms with Gasteiger partial charge in [0, 0.05) is 0 Å². The first-order valence-electron chi connectivity index (χ1n) is 12.7. The topological polar surface area (TPSA) is 0 Å². The van der Waals surface area contributed by atoms with E-state index in [1.807, 2.05) is 0 Å². The molecule has 0 N–H and O–H groups in total. The molecule has 0 heterocycles. The Balaban J connectivity index is 1.34. The van der Waals surface area contributed by atoms with E-state index in [1.54, 1.807) is 0 Å². The van der Waals surface area contributed by atoms with E-state index < -0.39 is 0 Å². The fraction of sp³-hybridized carbons (Fsp3) is 0.333. The molecule has 0 nitrogen and oxygen atoms in total. The minimum Gasteiger partial charge on any atom is -0.0950 e. The summed E-state index contributed by atoms with van der Waals surface area (Å²) in [6.07, 6.45) is 16.9. The molecule has 5 rings (SSSR count). The van der Waals surface area contributed by atoms with Crippen molar-refractivity contribution in [2.75, 3.05) is 0 Å². The third kappa shape index (κ3) is 4.36. The van der Waals surface area contributed by atoms with Gasteiger partial charge >= 0.3 is 0 Å². The van der Waals surface area contributed by atoms with Crippen molar-refractivity contribution in [3.8, 4) is 0 Å². The van der Waals surface area contributed by atoms with Crippen LogP contribution in [0.2, 0.25) is 0 Å².